The standard InChI is InChI=1S/C17H16N2O3S3/c1-19(25(21,22)14-7-3-2-4-8-14)15-9-11-24-16(15)17(20)18-12-13-6-5-10-23-13/h2-11H,12H2,1H3,(H,18,20). The lowest BCUT2D eigenvalue weighted by molar-refractivity contribution is 0.0956. The molecule has 1 aromatic carbocycles. The lowest BCUT2D eigenvalue weighted by Gasteiger charge is -2.19. The van der Waals surface area contributed by atoms with Gasteiger partial charge in [-0.3, -0.25) is 9.10 Å². The molecule has 0 spiro atoms. The van der Waals surface area contributed by atoms with Gasteiger partial charge in [-0.05, 0) is 35.0 Å². The van der Waals surface area contributed by atoms with Crippen molar-refractivity contribution in [2.24, 2.45) is 0 Å². The first-order valence-electron chi connectivity index (χ1n) is 7.42. The lowest BCUT2D eigenvalue weighted by atomic mass is 10.3. The second-order valence-electron chi connectivity index (χ2n) is 5.18. The highest BCUT2D eigenvalue weighted by molar-refractivity contribution is 7.92. The highest BCUT2D eigenvalue weighted by Crippen LogP contribution is 2.29. The molecule has 0 bridgehead atoms. The van der Waals surface area contributed by atoms with Gasteiger partial charge in [0.1, 0.15) is 4.88 Å². The van der Waals surface area contributed by atoms with Gasteiger partial charge in [-0.2, -0.15) is 0 Å². The quantitative estimate of drug-likeness (QED) is 0.697. The van der Waals surface area contributed by atoms with Gasteiger partial charge in [0.25, 0.3) is 15.9 Å². The molecule has 5 nitrogen and oxygen atoms in total. The second-order valence-corrected chi connectivity index (χ2v) is 9.10. The number of carbonyl (C=O) groups excluding carboxylic acids is 1. The Morgan fingerprint density at radius 2 is 1.80 bits per heavy atom. The molecule has 2 aromatic heterocycles. The average Bonchev–Trinajstić information content (AvgIpc) is 3.31. The fourth-order valence-corrected chi connectivity index (χ4v) is 5.03. The van der Waals surface area contributed by atoms with E-state index in [1.165, 1.54) is 30.5 Å². The predicted octanol–water partition coefficient (Wildman–Crippen LogP) is 3.56. The van der Waals surface area contributed by atoms with Crippen LogP contribution in [0.4, 0.5) is 5.69 Å². The van der Waals surface area contributed by atoms with Crippen molar-refractivity contribution in [3.8, 4) is 0 Å². The van der Waals surface area contributed by atoms with Crippen LogP contribution in [0.2, 0.25) is 0 Å². The maximum atomic E-state index is 12.8. The van der Waals surface area contributed by atoms with Crippen LogP contribution in [0.15, 0.2) is 64.2 Å². The van der Waals surface area contributed by atoms with Crippen LogP contribution in [0.1, 0.15) is 14.5 Å². The fraction of sp³-hybridized carbons (Fsp3) is 0.118. The van der Waals surface area contributed by atoms with Crippen molar-refractivity contribution in [2.45, 2.75) is 11.4 Å². The molecule has 8 heteroatoms. The Labute approximate surface area is 154 Å². The van der Waals surface area contributed by atoms with Gasteiger partial charge in [-0.25, -0.2) is 8.42 Å². The molecule has 0 aliphatic heterocycles. The number of hydrogen-bond donors (Lipinski definition) is 1. The molecule has 0 saturated heterocycles. The van der Waals surface area contributed by atoms with Gasteiger partial charge in [-0.15, -0.1) is 22.7 Å². The summed E-state index contributed by atoms with van der Waals surface area (Å²) in [6, 6.07) is 13.7. The molecule has 3 aromatic rings. The molecular formula is C17H16N2O3S3. The number of hydrogen-bond acceptors (Lipinski definition) is 5. The van der Waals surface area contributed by atoms with Gasteiger partial charge in [0, 0.05) is 11.9 Å². The lowest BCUT2D eigenvalue weighted by Crippen LogP contribution is -2.29. The van der Waals surface area contributed by atoms with Crippen molar-refractivity contribution in [1.82, 2.24) is 5.32 Å². The third-order valence-corrected chi connectivity index (χ3v) is 7.16. The molecular weight excluding hydrogens is 376 g/mol. The molecule has 0 aliphatic carbocycles. The van der Waals surface area contributed by atoms with Crippen molar-refractivity contribution in [2.75, 3.05) is 11.4 Å². The largest absolute Gasteiger partial charge is 0.346 e. The highest BCUT2D eigenvalue weighted by Gasteiger charge is 2.25. The molecule has 1 amide bonds. The molecule has 0 atom stereocenters. The van der Waals surface area contributed by atoms with E-state index in [0.717, 1.165) is 9.18 Å². The van der Waals surface area contributed by atoms with Gasteiger partial charge in [0.05, 0.1) is 17.1 Å². The first kappa shape index (κ1) is 17.7. The van der Waals surface area contributed by atoms with Crippen LogP contribution in [-0.4, -0.2) is 21.4 Å². The molecule has 3 rings (SSSR count). The summed E-state index contributed by atoms with van der Waals surface area (Å²) < 4.78 is 26.7. The SMILES string of the molecule is CN(c1ccsc1C(=O)NCc1cccs1)S(=O)(=O)c1ccccc1. The minimum Gasteiger partial charge on any atom is -0.346 e. The fourth-order valence-electron chi connectivity index (χ4n) is 2.26. The topological polar surface area (TPSA) is 66.5 Å². The van der Waals surface area contributed by atoms with Crippen LogP contribution in [-0.2, 0) is 16.6 Å². The summed E-state index contributed by atoms with van der Waals surface area (Å²) in [6.45, 7) is 0.420. The molecule has 0 aliphatic rings. The summed E-state index contributed by atoms with van der Waals surface area (Å²) in [5, 5.41) is 6.49. The van der Waals surface area contributed by atoms with E-state index in [-0.39, 0.29) is 10.8 Å². The van der Waals surface area contributed by atoms with E-state index in [1.54, 1.807) is 41.0 Å². The van der Waals surface area contributed by atoms with Crippen molar-refractivity contribution in [3.05, 3.63) is 69.0 Å². The zero-order chi connectivity index (χ0) is 17.9. The van der Waals surface area contributed by atoms with Gasteiger partial charge in [0.2, 0.25) is 0 Å². The Kier molecular flexibility index (Phi) is 5.22. The Hall–Kier alpha value is -2.16. The van der Waals surface area contributed by atoms with E-state index >= 15 is 0 Å². The summed E-state index contributed by atoms with van der Waals surface area (Å²) in [5.74, 6) is -0.284. The number of rotatable bonds is 6. The Morgan fingerprint density at radius 3 is 2.48 bits per heavy atom. The zero-order valence-corrected chi connectivity index (χ0v) is 15.8. The summed E-state index contributed by atoms with van der Waals surface area (Å²) in [4.78, 5) is 14.1. The zero-order valence-electron chi connectivity index (χ0n) is 13.4. The molecule has 1 N–H and O–H groups in total. The highest BCUT2D eigenvalue weighted by atomic mass is 32.2. The molecule has 0 saturated carbocycles. The van der Waals surface area contributed by atoms with Crippen molar-refractivity contribution < 1.29 is 13.2 Å². The number of nitrogens with one attached hydrogen (secondary N) is 1. The van der Waals surface area contributed by atoms with Crippen LogP contribution in [0.5, 0.6) is 0 Å². The minimum atomic E-state index is -3.71. The van der Waals surface area contributed by atoms with E-state index in [1.807, 2.05) is 17.5 Å². The van der Waals surface area contributed by atoms with Crippen molar-refractivity contribution in [1.29, 1.82) is 0 Å². The van der Waals surface area contributed by atoms with E-state index in [2.05, 4.69) is 5.32 Å². The molecule has 0 radical (unpaired) electrons. The smallest absolute Gasteiger partial charge is 0.264 e. The predicted molar refractivity (Wildman–Crippen MR) is 102 cm³/mol. The van der Waals surface area contributed by atoms with E-state index in [9.17, 15) is 13.2 Å². The Morgan fingerprint density at radius 1 is 1.04 bits per heavy atom. The van der Waals surface area contributed by atoms with Crippen LogP contribution >= 0.6 is 22.7 Å². The second kappa shape index (κ2) is 7.38. The third kappa shape index (κ3) is 3.76. The summed E-state index contributed by atoms with van der Waals surface area (Å²) in [7, 11) is -2.26. The van der Waals surface area contributed by atoms with E-state index in [0.29, 0.717) is 17.1 Å². The van der Waals surface area contributed by atoms with Crippen molar-refractivity contribution >= 4 is 44.3 Å². The summed E-state index contributed by atoms with van der Waals surface area (Å²) >= 11 is 2.78. The first-order valence-corrected chi connectivity index (χ1v) is 10.6. The molecule has 130 valence electrons. The van der Waals surface area contributed by atoms with E-state index in [4.69, 9.17) is 0 Å². The third-order valence-electron chi connectivity index (χ3n) is 3.59. The maximum Gasteiger partial charge on any atom is 0.264 e. The summed E-state index contributed by atoms with van der Waals surface area (Å²) in [5.41, 5.74) is 0.373. The van der Waals surface area contributed by atoms with Gasteiger partial charge in [0.15, 0.2) is 0 Å². The molecule has 2 heterocycles. The number of nitrogens with zero attached hydrogens (tertiary/aromatic N) is 1. The monoisotopic (exact) mass is 392 g/mol. The van der Waals surface area contributed by atoms with Crippen molar-refractivity contribution in [3.63, 3.8) is 0 Å². The van der Waals surface area contributed by atoms with E-state index < -0.39 is 10.0 Å². The van der Waals surface area contributed by atoms with Crippen LogP contribution in [0.3, 0.4) is 0 Å². The number of benzene rings is 1. The van der Waals surface area contributed by atoms with Gasteiger partial charge >= 0.3 is 0 Å². The normalized spacial score (nSPS) is 11.2. The van der Waals surface area contributed by atoms with Crippen LogP contribution in [0, 0.1) is 0 Å². The molecule has 0 fully saturated rings. The number of thiophene rings is 2. The van der Waals surface area contributed by atoms with Gasteiger partial charge in [-0.1, -0.05) is 24.3 Å². The average molecular weight is 393 g/mol. The maximum absolute atomic E-state index is 12.8. The first-order chi connectivity index (χ1) is 12.0. The minimum absolute atomic E-state index is 0.189. The number of carbonyl (C=O) groups is 1. The van der Waals surface area contributed by atoms with Crippen LogP contribution < -0.4 is 9.62 Å². The Bertz CT molecular complexity index is 948. The van der Waals surface area contributed by atoms with Gasteiger partial charge < -0.3 is 5.32 Å². The van der Waals surface area contributed by atoms with Crippen LogP contribution in [0.25, 0.3) is 0 Å². The number of amides is 1. The summed E-state index contributed by atoms with van der Waals surface area (Å²) in [6.07, 6.45) is 0. The molecule has 0 unspecified atom stereocenters. The molecule has 25 heavy (non-hydrogen) atoms. The number of anilines is 1. The Balaban J connectivity index is 1.82. The number of sulfonamides is 1.